The van der Waals surface area contributed by atoms with Crippen molar-refractivity contribution in [3.8, 4) is 0 Å². The van der Waals surface area contributed by atoms with Gasteiger partial charge in [0.2, 0.25) is 17.8 Å². The van der Waals surface area contributed by atoms with Gasteiger partial charge in [0.05, 0.1) is 0 Å². The molecule has 0 spiro atoms. The number of piperidine rings is 2. The second-order valence-corrected chi connectivity index (χ2v) is 12.7. The van der Waals surface area contributed by atoms with Crippen LogP contribution in [0.25, 0.3) is 0 Å². The molecule has 9 heteroatoms. The van der Waals surface area contributed by atoms with Gasteiger partial charge in [0.15, 0.2) is 0 Å². The second-order valence-electron chi connectivity index (χ2n) is 12.7. The van der Waals surface area contributed by atoms with Gasteiger partial charge in [-0.25, -0.2) is 9.97 Å². The minimum Gasteiger partial charge on any atom is -0.354 e. The van der Waals surface area contributed by atoms with E-state index in [1.54, 1.807) is 4.90 Å². The maximum absolute atomic E-state index is 13.0. The molecule has 6 rings (SSSR count). The van der Waals surface area contributed by atoms with E-state index in [1.807, 2.05) is 18.5 Å². The summed E-state index contributed by atoms with van der Waals surface area (Å²) < 4.78 is 0. The third-order valence-electron chi connectivity index (χ3n) is 9.30. The van der Waals surface area contributed by atoms with Crippen molar-refractivity contribution in [3.63, 3.8) is 0 Å². The predicted molar refractivity (Wildman–Crippen MR) is 169 cm³/mol. The number of carbonyl (C=O) groups is 3. The maximum atomic E-state index is 13.0. The largest absolute Gasteiger partial charge is 0.354 e. The molecule has 0 saturated carbocycles. The minimum absolute atomic E-state index is 0.111. The smallest absolute Gasteiger partial charge is 0.255 e. The van der Waals surface area contributed by atoms with Crippen LogP contribution in [0.15, 0.2) is 54.9 Å². The van der Waals surface area contributed by atoms with E-state index in [2.05, 4.69) is 75.7 Å². The molecule has 2 fully saturated rings. The number of rotatable bonds is 10. The van der Waals surface area contributed by atoms with Crippen LogP contribution >= 0.6 is 0 Å². The molecule has 3 amide bonds. The van der Waals surface area contributed by atoms with E-state index in [1.165, 1.54) is 16.7 Å². The fourth-order valence-electron chi connectivity index (χ4n) is 6.56. The Bertz CT molecular complexity index is 1500. The molecule has 3 aliphatic rings. The molecule has 3 aliphatic heterocycles. The Hall–Kier alpha value is -4.11. The Morgan fingerprint density at radius 2 is 1.68 bits per heavy atom. The monoisotopic (exact) mass is 594 g/mol. The number of nitrogens with zero attached hydrogens (tertiary/aromatic N) is 4. The first-order valence-corrected chi connectivity index (χ1v) is 16.0. The highest BCUT2D eigenvalue weighted by Crippen LogP contribution is 2.34. The molecule has 3 aromatic rings. The number of hydrogen-bond donors (Lipinski definition) is 2. The fraction of sp³-hybridized carbons (Fsp3) is 0.457. The van der Waals surface area contributed by atoms with Crippen molar-refractivity contribution in [2.24, 2.45) is 0 Å². The van der Waals surface area contributed by atoms with Crippen LogP contribution in [0, 0.1) is 0 Å². The van der Waals surface area contributed by atoms with Gasteiger partial charge in [-0.15, -0.1) is 0 Å². The molecule has 1 aromatic heterocycles. The standard InChI is InChI=1S/C35H42N6O3/c1-23(2)29-19-37-35(38-20-29)36-15-3-4-24-5-7-25(8-6-24)21-40-16-13-26(14-17-40)27-9-10-30-28(18-27)22-41(34(30)44)31-11-12-32(42)39-33(31)43/h5-10,18-20,23,26,31H,3-4,11-17,21-22H2,1-2H3,(H,36,37,38)(H,39,42,43). The normalized spacial score (nSPS) is 19.4. The average Bonchev–Trinajstić information content (AvgIpc) is 3.35. The summed E-state index contributed by atoms with van der Waals surface area (Å²) in [7, 11) is 0. The second kappa shape index (κ2) is 13.3. The number of imide groups is 1. The van der Waals surface area contributed by atoms with Gasteiger partial charge in [-0.3, -0.25) is 24.6 Å². The molecule has 0 radical (unpaired) electrons. The van der Waals surface area contributed by atoms with E-state index in [4.69, 9.17) is 0 Å². The van der Waals surface area contributed by atoms with Crippen molar-refractivity contribution >= 4 is 23.7 Å². The van der Waals surface area contributed by atoms with Crippen molar-refractivity contribution in [1.82, 2.24) is 25.1 Å². The molecule has 9 nitrogen and oxygen atoms in total. The lowest BCUT2D eigenvalue weighted by Gasteiger charge is -2.32. The molecule has 1 atom stereocenters. The van der Waals surface area contributed by atoms with Gasteiger partial charge in [0.25, 0.3) is 5.91 Å². The summed E-state index contributed by atoms with van der Waals surface area (Å²) in [5, 5.41) is 5.70. The van der Waals surface area contributed by atoms with Crippen LogP contribution in [0.4, 0.5) is 5.95 Å². The fourth-order valence-corrected chi connectivity index (χ4v) is 6.56. The van der Waals surface area contributed by atoms with Gasteiger partial charge in [-0.05, 0) is 90.9 Å². The van der Waals surface area contributed by atoms with Crippen LogP contribution in [0.2, 0.25) is 0 Å². The Morgan fingerprint density at radius 1 is 0.955 bits per heavy atom. The first-order chi connectivity index (χ1) is 21.3. The third-order valence-corrected chi connectivity index (χ3v) is 9.30. The van der Waals surface area contributed by atoms with Crippen LogP contribution in [0.1, 0.15) is 96.0 Å². The SMILES string of the molecule is CC(C)c1cnc(NCCCc2ccc(CN3CCC(c4ccc5c(c4)CN(C4CCC(=O)NC4=O)C5=O)CC3)cc2)nc1. The Labute approximate surface area is 259 Å². The van der Waals surface area contributed by atoms with E-state index in [0.29, 0.717) is 36.3 Å². The Balaban J connectivity index is 0.942. The number of fused-ring (bicyclic) bond motifs is 1. The molecular weight excluding hydrogens is 552 g/mol. The van der Waals surface area contributed by atoms with E-state index in [-0.39, 0.29) is 24.1 Å². The maximum Gasteiger partial charge on any atom is 0.255 e. The predicted octanol–water partition coefficient (Wildman–Crippen LogP) is 4.79. The van der Waals surface area contributed by atoms with Gasteiger partial charge in [0.1, 0.15) is 6.04 Å². The van der Waals surface area contributed by atoms with Crippen LogP contribution in [0.3, 0.4) is 0 Å². The summed E-state index contributed by atoms with van der Waals surface area (Å²) in [4.78, 5) is 49.9. The number of nitrogens with one attached hydrogen (secondary N) is 2. The van der Waals surface area contributed by atoms with Gasteiger partial charge in [-0.2, -0.15) is 0 Å². The zero-order valence-corrected chi connectivity index (χ0v) is 25.7. The van der Waals surface area contributed by atoms with Crippen LogP contribution < -0.4 is 10.6 Å². The molecule has 2 aromatic carbocycles. The highest BCUT2D eigenvalue weighted by molar-refractivity contribution is 6.05. The number of aromatic nitrogens is 2. The molecule has 0 bridgehead atoms. The van der Waals surface area contributed by atoms with Crippen molar-refractivity contribution < 1.29 is 14.4 Å². The number of carbonyl (C=O) groups excluding carboxylic acids is 3. The molecule has 230 valence electrons. The van der Waals surface area contributed by atoms with Crippen molar-refractivity contribution in [2.45, 2.75) is 83.3 Å². The Kier molecular flexibility index (Phi) is 9.02. The molecule has 4 heterocycles. The van der Waals surface area contributed by atoms with E-state index in [0.717, 1.165) is 63.0 Å². The van der Waals surface area contributed by atoms with Crippen LogP contribution in [-0.4, -0.2) is 63.2 Å². The number of hydrogen-bond acceptors (Lipinski definition) is 7. The molecule has 44 heavy (non-hydrogen) atoms. The van der Waals surface area contributed by atoms with Gasteiger partial charge in [0, 0.05) is 44.0 Å². The Morgan fingerprint density at radius 3 is 2.39 bits per heavy atom. The number of benzene rings is 2. The van der Waals surface area contributed by atoms with Crippen LogP contribution in [-0.2, 0) is 29.1 Å². The average molecular weight is 595 g/mol. The molecule has 0 aliphatic carbocycles. The lowest BCUT2D eigenvalue weighted by atomic mass is 9.87. The number of amides is 3. The van der Waals surface area contributed by atoms with E-state index in [9.17, 15) is 14.4 Å². The molecular formula is C35H42N6O3. The van der Waals surface area contributed by atoms with Crippen LogP contribution in [0.5, 0.6) is 0 Å². The van der Waals surface area contributed by atoms with Gasteiger partial charge >= 0.3 is 0 Å². The van der Waals surface area contributed by atoms with Crippen molar-refractivity contribution in [3.05, 3.63) is 88.2 Å². The topological polar surface area (TPSA) is 108 Å². The molecule has 1 unspecified atom stereocenters. The molecule has 2 saturated heterocycles. The number of likely N-dealkylation sites (tertiary alicyclic amines) is 1. The molecule has 2 N–H and O–H groups in total. The highest BCUT2D eigenvalue weighted by Gasteiger charge is 2.39. The van der Waals surface area contributed by atoms with Crippen molar-refractivity contribution in [1.29, 1.82) is 0 Å². The first-order valence-electron chi connectivity index (χ1n) is 16.0. The summed E-state index contributed by atoms with van der Waals surface area (Å²) >= 11 is 0. The minimum atomic E-state index is -0.571. The first kappa shape index (κ1) is 29.9. The van der Waals surface area contributed by atoms with Gasteiger partial charge in [-0.1, -0.05) is 50.2 Å². The zero-order chi connectivity index (χ0) is 30.6. The summed E-state index contributed by atoms with van der Waals surface area (Å²) in [6, 6.07) is 14.6. The summed E-state index contributed by atoms with van der Waals surface area (Å²) in [6.07, 6.45) is 8.66. The summed E-state index contributed by atoms with van der Waals surface area (Å²) in [5.41, 5.74) is 6.79. The third kappa shape index (κ3) is 6.83. The van der Waals surface area contributed by atoms with E-state index < -0.39 is 6.04 Å². The zero-order valence-electron chi connectivity index (χ0n) is 25.7. The number of anilines is 1. The number of aryl methyl sites for hydroxylation is 1. The highest BCUT2D eigenvalue weighted by atomic mass is 16.2. The lowest BCUT2D eigenvalue weighted by molar-refractivity contribution is -0.136. The summed E-state index contributed by atoms with van der Waals surface area (Å²) in [6.45, 7) is 8.59. The van der Waals surface area contributed by atoms with Crippen molar-refractivity contribution in [2.75, 3.05) is 25.0 Å². The van der Waals surface area contributed by atoms with E-state index >= 15 is 0 Å². The summed E-state index contributed by atoms with van der Waals surface area (Å²) in [5.74, 6) is 0.852. The van der Waals surface area contributed by atoms with Gasteiger partial charge < -0.3 is 10.2 Å². The quantitative estimate of drug-likeness (QED) is 0.257. The lowest BCUT2D eigenvalue weighted by Crippen LogP contribution is -2.52.